The van der Waals surface area contributed by atoms with E-state index in [0.29, 0.717) is 0 Å². The van der Waals surface area contributed by atoms with Gasteiger partial charge in [0.15, 0.2) is 0 Å². The summed E-state index contributed by atoms with van der Waals surface area (Å²) < 4.78 is 7.21. The molecule has 0 saturated carbocycles. The first kappa shape index (κ1) is 85.1. The second-order valence-corrected chi connectivity index (χ2v) is 40.7. The van der Waals surface area contributed by atoms with Crippen LogP contribution >= 0.6 is 0 Å². The molecular weight excluding hydrogens is 1720 g/mol. The van der Waals surface area contributed by atoms with Crippen LogP contribution in [0.5, 0.6) is 0 Å². The van der Waals surface area contributed by atoms with E-state index >= 15 is 0 Å². The highest BCUT2D eigenvalue weighted by Crippen LogP contribution is 2.58. The molecule has 678 valence electrons. The Labute approximate surface area is 829 Å². The van der Waals surface area contributed by atoms with Gasteiger partial charge < -0.3 is 28.4 Å². The maximum Gasteiger partial charge on any atom is 0.0561 e. The Bertz CT molecular complexity index is 9160. The topological polar surface area (TPSA) is 24.5 Å². The molecule has 4 aliphatic carbocycles. The Hall–Kier alpha value is -17.3. The molecule has 28 rings (SSSR count). The molecule has 3 heterocycles. The quantitative estimate of drug-likeness (QED) is 0.115. The van der Waals surface area contributed by atoms with Gasteiger partial charge in [0.25, 0.3) is 0 Å². The average molecular weight is 1820 g/mol. The fraction of sp³-hybridized carbons (Fsp3) is 0.0882. The van der Waals surface area contributed by atoms with Gasteiger partial charge in [-0.05, 0) is 275 Å². The van der Waals surface area contributed by atoms with E-state index in [4.69, 9.17) is 0 Å². The van der Waals surface area contributed by atoms with E-state index in [1.54, 1.807) is 0 Å². The number of para-hydroxylation sites is 6. The van der Waals surface area contributed by atoms with Gasteiger partial charge in [0.05, 0.1) is 33.1 Å². The lowest BCUT2D eigenvalue weighted by Crippen LogP contribution is -2.17. The zero-order valence-corrected chi connectivity index (χ0v) is 80.9. The lowest BCUT2D eigenvalue weighted by molar-refractivity contribution is 0.660. The van der Waals surface area contributed by atoms with Crippen molar-refractivity contribution in [1.29, 1.82) is 0 Å². The van der Waals surface area contributed by atoms with Crippen molar-refractivity contribution in [2.24, 2.45) is 0 Å². The van der Waals surface area contributed by atoms with Crippen molar-refractivity contribution in [1.82, 2.24) is 13.7 Å². The van der Waals surface area contributed by atoms with Crippen LogP contribution in [-0.2, 0) is 21.7 Å². The Kier molecular flexibility index (Phi) is 19.9. The molecule has 6 heteroatoms. The minimum Gasteiger partial charge on any atom is -0.310 e. The van der Waals surface area contributed by atoms with Crippen molar-refractivity contribution in [3.8, 4) is 72.7 Å². The van der Waals surface area contributed by atoms with E-state index in [1.807, 2.05) is 0 Å². The summed E-state index contributed by atoms with van der Waals surface area (Å²) in [5, 5.41) is 10.0. The van der Waals surface area contributed by atoms with Crippen LogP contribution in [0.15, 0.2) is 485 Å². The Morgan fingerprint density at radius 1 is 0.148 bits per heavy atom. The number of benzene rings is 21. The fourth-order valence-electron chi connectivity index (χ4n) is 24.3. The van der Waals surface area contributed by atoms with Gasteiger partial charge in [-0.1, -0.05) is 377 Å². The Balaban J connectivity index is 0.000000109. The summed E-state index contributed by atoms with van der Waals surface area (Å²) in [6.07, 6.45) is 0. The molecule has 6 nitrogen and oxygen atoms in total. The number of anilines is 9. The summed E-state index contributed by atoms with van der Waals surface area (Å²) in [4.78, 5) is 7.32. The molecule has 0 aliphatic heterocycles. The largest absolute Gasteiger partial charge is 0.310 e. The van der Waals surface area contributed by atoms with Gasteiger partial charge in [0.2, 0.25) is 0 Å². The maximum atomic E-state index is 2.47. The number of nitrogens with zero attached hydrogens (tertiary/aromatic N) is 6. The van der Waals surface area contributed by atoms with E-state index in [-0.39, 0.29) is 21.7 Å². The van der Waals surface area contributed by atoms with Gasteiger partial charge in [-0.2, -0.15) is 0 Å². The number of hydrogen-bond acceptors (Lipinski definition) is 3. The van der Waals surface area contributed by atoms with Crippen LogP contribution in [0.2, 0.25) is 0 Å². The van der Waals surface area contributed by atoms with Gasteiger partial charge in [-0.3, -0.25) is 0 Å². The first-order valence-electron chi connectivity index (χ1n) is 49.8. The summed E-state index contributed by atoms with van der Waals surface area (Å²) in [6.45, 7) is 18.8. The third kappa shape index (κ3) is 13.7. The van der Waals surface area contributed by atoms with Crippen LogP contribution in [0.4, 0.5) is 51.2 Å². The van der Waals surface area contributed by atoms with E-state index in [1.165, 1.54) is 176 Å². The molecule has 0 saturated heterocycles. The normalized spacial score (nSPS) is 13.7. The minimum atomic E-state index is -0.0990. The lowest BCUT2D eigenvalue weighted by atomic mass is 9.82. The van der Waals surface area contributed by atoms with Crippen molar-refractivity contribution >= 4 is 127 Å². The van der Waals surface area contributed by atoms with Gasteiger partial charge >= 0.3 is 0 Å². The molecule has 0 bridgehead atoms. The van der Waals surface area contributed by atoms with E-state index in [9.17, 15) is 0 Å². The fourth-order valence-corrected chi connectivity index (χ4v) is 24.3. The first-order chi connectivity index (χ1) is 69.5. The van der Waals surface area contributed by atoms with Gasteiger partial charge in [0, 0.05) is 122 Å². The molecule has 142 heavy (non-hydrogen) atoms. The molecule has 21 aromatic carbocycles. The Morgan fingerprint density at radius 2 is 0.394 bits per heavy atom. The third-order valence-electron chi connectivity index (χ3n) is 31.3. The predicted octanol–water partition coefficient (Wildman–Crippen LogP) is 36.8. The zero-order valence-electron chi connectivity index (χ0n) is 80.9. The highest BCUT2D eigenvalue weighted by Gasteiger charge is 2.41. The number of aromatic nitrogens is 3. The molecule has 0 amide bonds. The van der Waals surface area contributed by atoms with Crippen molar-refractivity contribution < 1.29 is 0 Å². The van der Waals surface area contributed by atoms with Gasteiger partial charge in [-0.25, -0.2) is 0 Å². The second-order valence-electron chi connectivity index (χ2n) is 40.7. The zero-order chi connectivity index (χ0) is 95.4. The summed E-state index contributed by atoms with van der Waals surface area (Å²) in [5.74, 6) is 0. The maximum absolute atomic E-state index is 2.47. The summed E-state index contributed by atoms with van der Waals surface area (Å²) in [6, 6.07) is 178. The van der Waals surface area contributed by atoms with Gasteiger partial charge in [0.1, 0.15) is 0 Å². The smallest absolute Gasteiger partial charge is 0.0561 e. The van der Waals surface area contributed by atoms with Gasteiger partial charge in [-0.15, -0.1) is 0 Å². The Morgan fingerprint density at radius 3 is 0.789 bits per heavy atom. The molecular formula is C136H104N6. The van der Waals surface area contributed by atoms with Crippen LogP contribution in [0, 0.1) is 0 Å². The molecule has 0 unspecified atom stereocenters. The van der Waals surface area contributed by atoms with E-state index in [2.05, 4.69) is 569 Å². The highest BCUT2D eigenvalue weighted by atomic mass is 15.2. The van der Waals surface area contributed by atoms with Crippen molar-refractivity contribution in [2.75, 3.05) is 14.7 Å². The van der Waals surface area contributed by atoms with Crippen LogP contribution in [0.3, 0.4) is 0 Å². The molecule has 0 fully saturated rings. The number of hydrogen-bond donors (Lipinski definition) is 0. The lowest BCUT2D eigenvalue weighted by Gasteiger charge is -2.29. The highest BCUT2D eigenvalue weighted by molar-refractivity contribution is 6.14. The first-order valence-corrected chi connectivity index (χ1v) is 49.8. The SMILES string of the molecule is CC1(C)c2ccccc2-c2cc(N(c3ccc4c(c3)C(C)(C)c3ccccc3-4)c3ccc4c5ccccc5n(-c5ccccc5)c4c3)ccc21.CC1(C)c2ccccc2-c2ccc(N(c3ccc(-c4ccccc4)cc3)c3ccc4c5ccccc5n(-c5ccccc5)c4c3)cc21.CC1(C)c2ccccc2-c2ccc(N(c3ccc4ccccc4c3)c3ccc4c5ccccc5n(-c5ccccc5)c4c3)cc21. The molecule has 0 atom stereocenters. The third-order valence-corrected chi connectivity index (χ3v) is 31.3. The molecule has 24 aromatic rings. The van der Waals surface area contributed by atoms with Crippen LogP contribution in [-0.4, -0.2) is 13.7 Å². The molecule has 0 N–H and O–H groups in total. The van der Waals surface area contributed by atoms with Crippen molar-refractivity contribution in [2.45, 2.75) is 77.0 Å². The molecule has 0 spiro atoms. The molecule has 3 aromatic heterocycles. The second kappa shape index (κ2) is 33.2. The van der Waals surface area contributed by atoms with Crippen LogP contribution in [0.25, 0.3) is 149 Å². The summed E-state index contributed by atoms with van der Waals surface area (Å²) in [7, 11) is 0. The number of rotatable bonds is 13. The van der Waals surface area contributed by atoms with Crippen molar-refractivity contribution in [3.63, 3.8) is 0 Å². The molecule has 0 radical (unpaired) electrons. The van der Waals surface area contributed by atoms with E-state index < -0.39 is 0 Å². The standard InChI is InChI=1S/C48H38N2.C45H34N2.C43H32N2/c1-47(2)42-20-12-9-17-36(42)40-28-32(24-27-43(40)47)49(33-22-25-37-35-16-8-11-19-41(35)48(3,4)44(37)29-33)34-23-26-39-38-18-10-13-21-45(38)50(46(39)30-34)31-14-6-5-7-15-31;1-45(2)41-19-11-9-17-37(41)38-27-25-35(29-42(38)45)46(34-23-21-32(22-24-34)31-13-5-3-6-14-31)36-26-28-40-39-18-10-12-20-43(39)47(44(40)30-36)33-15-7-4-8-16-33;1-43(2)39-18-10-8-16-35(39)36-24-22-33(27-40(36)43)44(32-21-20-29-12-6-7-13-30(29)26-32)34-23-25-38-37-17-9-11-19-41(37)45(42(38)28-34)31-14-4-3-5-15-31/h5-30H,1-4H3;3-30H,1-2H3;3-28H,1-2H3. The van der Waals surface area contributed by atoms with Crippen LogP contribution in [0.1, 0.15) is 99.9 Å². The summed E-state index contributed by atoms with van der Waals surface area (Å²) >= 11 is 0. The summed E-state index contributed by atoms with van der Waals surface area (Å²) in [5.41, 5.74) is 44.8. The molecule has 4 aliphatic rings. The number of fused-ring (bicyclic) bond motifs is 22. The van der Waals surface area contributed by atoms with Crippen LogP contribution < -0.4 is 14.7 Å². The predicted molar refractivity (Wildman–Crippen MR) is 600 cm³/mol. The average Bonchev–Trinajstić information content (AvgIpc) is 1.24. The van der Waals surface area contributed by atoms with Crippen molar-refractivity contribution in [3.05, 3.63) is 530 Å². The minimum absolute atomic E-state index is 0.0474. The monoisotopic (exact) mass is 1820 g/mol. The van der Waals surface area contributed by atoms with E-state index in [0.717, 1.165) is 68.2 Å².